The maximum Gasteiger partial charge on any atom is 0.231 e. The van der Waals surface area contributed by atoms with Crippen LogP contribution in [0.15, 0.2) is 48.9 Å². The number of aliphatic hydroxyl groups is 1. The van der Waals surface area contributed by atoms with Gasteiger partial charge in [-0.2, -0.15) is 0 Å². The van der Waals surface area contributed by atoms with Crippen molar-refractivity contribution in [1.82, 2.24) is 15.0 Å². The summed E-state index contributed by atoms with van der Waals surface area (Å²) in [5.41, 5.74) is 3.61. The zero-order valence-electron chi connectivity index (χ0n) is 16.2. The minimum Gasteiger partial charge on any atom is -0.454 e. The van der Waals surface area contributed by atoms with E-state index in [2.05, 4.69) is 21.8 Å². The molecule has 7 heteroatoms. The predicted molar refractivity (Wildman–Crippen MR) is 109 cm³/mol. The number of rotatable bonds is 3. The SMILES string of the molecule is C[C@@H]1CN(c2ncc(-c3ccc4c(c3)OCO4)c(-c3cccnc3)n2)CC[C@H]1O. The molecule has 3 aromatic rings. The monoisotopic (exact) mass is 390 g/mol. The van der Waals surface area contributed by atoms with E-state index < -0.39 is 0 Å². The lowest BCUT2D eigenvalue weighted by Crippen LogP contribution is -2.42. The number of aliphatic hydroxyl groups excluding tert-OH is 1. The maximum absolute atomic E-state index is 10.0. The molecule has 0 unspecified atom stereocenters. The number of ether oxygens (including phenoxy) is 2. The smallest absolute Gasteiger partial charge is 0.231 e. The number of anilines is 1. The molecule has 4 heterocycles. The summed E-state index contributed by atoms with van der Waals surface area (Å²) >= 11 is 0. The Morgan fingerprint density at radius 3 is 2.83 bits per heavy atom. The number of nitrogens with zero attached hydrogens (tertiary/aromatic N) is 4. The van der Waals surface area contributed by atoms with Gasteiger partial charge >= 0.3 is 0 Å². The molecular weight excluding hydrogens is 368 g/mol. The highest BCUT2D eigenvalue weighted by atomic mass is 16.7. The Morgan fingerprint density at radius 1 is 1.10 bits per heavy atom. The molecule has 0 radical (unpaired) electrons. The number of piperidine rings is 1. The summed E-state index contributed by atoms with van der Waals surface area (Å²) < 4.78 is 11.0. The standard InChI is InChI=1S/C22H22N4O3/c1-14-12-26(8-6-18(14)27)22-24-11-17(21(25-22)16-3-2-7-23-10-16)15-4-5-19-20(9-15)29-13-28-19/h2-5,7,9-11,14,18,27H,6,8,12-13H2,1H3/t14-,18-/m1/s1. The topological polar surface area (TPSA) is 80.6 Å². The van der Waals surface area contributed by atoms with E-state index in [9.17, 15) is 5.11 Å². The summed E-state index contributed by atoms with van der Waals surface area (Å²) in [6.45, 7) is 3.76. The Morgan fingerprint density at radius 2 is 2.00 bits per heavy atom. The maximum atomic E-state index is 10.0. The number of aromatic nitrogens is 3. The highest BCUT2D eigenvalue weighted by Crippen LogP contribution is 2.38. The van der Waals surface area contributed by atoms with Crippen LogP contribution >= 0.6 is 0 Å². The first-order valence-electron chi connectivity index (χ1n) is 9.79. The van der Waals surface area contributed by atoms with Gasteiger partial charge in [0, 0.05) is 42.8 Å². The molecular formula is C22H22N4O3. The van der Waals surface area contributed by atoms with Crippen molar-refractivity contribution in [1.29, 1.82) is 0 Å². The molecule has 148 valence electrons. The molecule has 29 heavy (non-hydrogen) atoms. The number of hydrogen-bond donors (Lipinski definition) is 1. The highest BCUT2D eigenvalue weighted by Gasteiger charge is 2.26. The third-order valence-electron chi connectivity index (χ3n) is 5.54. The van der Waals surface area contributed by atoms with Crippen molar-refractivity contribution in [2.24, 2.45) is 5.92 Å². The molecule has 1 saturated heterocycles. The second-order valence-electron chi connectivity index (χ2n) is 7.52. The van der Waals surface area contributed by atoms with Crippen molar-refractivity contribution >= 4 is 5.95 Å². The number of benzene rings is 1. The normalized spacial score (nSPS) is 20.7. The highest BCUT2D eigenvalue weighted by molar-refractivity contribution is 5.81. The summed E-state index contributed by atoms with van der Waals surface area (Å²) in [4.78, 5) is 16.0. The van der Waals surface area contributed by atoms with E-state index in [1.54, 1.807) is 6.20 Å². The molecule has 2 aromatic heterocycles. The van der Waals surface area contributed by atoms with Crippen molar-refractivity contribution < 1.29 is 14.6 Å². The minimum absolute atomic E-state index is 0.183. The van der Waals surface area contributed by atoms with Crippen LogP contribution in [-0.4, -0.2) is 46.0 Å². The second kappa shape index (κ2) is 7.33. The molecule has 0 spiro atoms. The van der Waals surface area contributed by atoms with Gasteiger partial charge in [0.15, 0.2) is 11.5 Å². The molecule has 1 aromatic carbocycles. The van der Waals surface area contributed by atoms with Crippen LogP contribution in [0.5, 0.6) is 11.5 Å². The van der Waals surface area contributed by atoms with Gasteiger partial charge < -0.3 is 19.5 Å². The predicted octanol–water partition coefficient (Wildman–Crippen LogP) is 3.14. The van der Waals surface area contributed by atoms with Crippen molar-refractivity contribution in [2.75, 3.05) is 24.8 Å². The fourth-order valence-corrected chi connectivity index (χ4v) is 3.84. The average molecular weight is 390 g/mol. The first-order chi connectivity index (χ1) is 14.2. The van der Waals surface area contributed by atoms with E-state index in [0.717, 1.165) is 53.4 Å². The van der Waals surface area contributed by atoms with Crippen LogP contribution in [0.4, 0.5) is 5.95 Å². The van der Waals surface area contributed by atoms with Crippen molar-refractivity contribution in [2.45, 2.75) is 19.4 Å². The van der Waals surface area contributed by atoms with Gasteiger partial charge in [-0.1, -0.05) is 13.0 Å². The van der Waals surface area contributed by atoms with Gasteiger partial charge in [-0.05, 0) is 42.2 Å². The van der Waals surface area contributed by atoms with Crippen molar-refractivity contribution in [3.8, 4) is 33.9 Å². The second-order valence-corrected chi connectivity index (χ2v) is 7.52. The van der Waals surface area contributed by atoms with Crippen LogP contribution in [-0.2, 0) is 0 Å². The average Bonchev–Trinajstić information content (AvgIpc) is 3.24. The molecule has 2 aliphatic heterocycles. The van der Waals surface area contributed by atoms with Gasteiger partial charge in [-0.3, -0.25) is 4.98 Å². The number of pyridine rings is 1. The molecule has 1 fully saturated rings. The fraction of sp³-hybridized carbons (Fsp3) is 0.318. The number of hydrogen-bond acceptors (Lipinski definition) is 7. The quantitative estimate of drug-likeness (QED) is 0.736. The Labute approximate surface area is 169 Å². The van der Waals surface area contributed by atoms with E-state index in [0.29, 0.717) is 5.95 Å². The Hall–Kier alpha value is -3.19. The molecule has 0 aliphatic carbocycles. The van der Waals surface area contributed by atoms with Gasteiger partial charge in [-0.25, -0.2) is 9.97 Å². The van der Waals surface area contributed by atoms with Gasteiger partial charge in [0.25, 0.3) is 0 Å². The lowest BCUT2D eigenvalue weighted by atomic mass is 9.97. The van der Waals surface area contributed by atoms with Gasteiger partial charge in [0.05, 0.1) is 11.8 Å². The molecule has 2 atom stereocenters. The zero-order valence-corrected chi connectivity index (χ0v) is 16.2. The fourth-order valence-electron chi connectivity index (χ4n) is 3.84. The van der Waals surface area contributed by atoms with Gasteiger partial charge in [-0.15, -0.1) is 0 Å². The summed E-state index contributed by atoms with van der Waals surface area (Å²) in [5.74, 6) is 2.33. The minimum atomic E-state index is -0.267. The molecule has 0 bridgehead atoms. The summed E-state index contributed by atoms with van der Waals surface area (Å²) in [6.07, 6.45) is 5.87. The van der Waals surface area contributed by atoms with Crippen LogP contribution in [0.1, 0.15) is 13.3 Å². The van der Waals surface area contributed by atoms with E-state index in [1.807, 2.05) is 42.7 Å². The molecule has 2 aliphatic rings. The number of fused-ring (bicyclic) bond motifs is 1. The first kappa shape index (κ1) is 17.9. The van der Waals surface area contributed by atoms with Crippen LogP contribution < -0.4 is 14.4 Å². The van der Waals surface area contributed by atoms with Crippen molar-refractivity contribution in [3.63, 3.8) is 0 Å². The van der Waals surface area contributed by atoms with Crippen LogP contribution in [0.2, 0.25) is 0 Å². The third-order valence-corrected chi connectivity index (χ3v) is 5.54. The lowest BCUT2D eigenvalue weighted by Gasteiger charge is -2.34. The van der Waals surface area contributed by atoms with Crippen LogP contribution in [0.3, 0.4) is 0 Å². The van der Waals surface area contributed by atoms with E-state index >= 15 is 0 Å². The van der Waals surface area contributed by atoms with E-state index in [-0.39, 0.29) is 18.8 Å². The molecule has 0 amide bonds. The van der Waals surface area contributed by atoms with Crippen LogP contribution in [0, 0.1) is 5.92 Å². The largest absolute Gasteiger partial charge is 0.454 e. The lowest BCUT2D eigenvalue weighted by molar-refractivity contribution is 0.0966. The van der Waals surface area contributed by atoms with Crippen LogP contribution in [0.25, 0.3) is 22.4 Å². The summed E-state index contributed by atoms with van der Waals surface area (Å²) in [7, 11) is 0. The first-order valence-corrected chi connectivity index (χ1v) is 9.79. The third kappa shape index (κ3) is 3.38. The molecule has 1 N–H and O–H groups in total. The zero-order chi connectivity index (χ0) is 19.8. The summed E-state index contributed by atoms with van der Waals surface area (Å²) in [5, 5.41) is 10.0. The Kier molecular flexibility index (Phi) is 4.52. The summed E-state index contributed by atoms with van der Waals surface area (Å²) in [6, 6.07) is 9.76. The van der Waals surface area contributed by atoms with Crippen molar-refractivity contribution in [3.05, 3.63) is 48.9 Å². The van der Waals surface area contributed by atoms with E-state index in [4.69, 9.17) is 14.5 Å². The molecule has 7 nitrogen and oxygen atoms in total. The van der Waals surface area contributed by atoms with Gasteiger partial charge in [0.1, 0.15) is 0 Å². The van der Waals surface area contributed by atoms with Gasteiger partial charge in [0.2, 0.25) is 12.7 Å². The molecule has 5 rings (SSSR count). The molecule has 0 saturated carbocycles. The Bertz CT molecular complexity index is 1030. The van der Waals surface area contributed by atoms with E-state index in [1.165, 1.54) is 0 Å². The Balaban J connectivity index is 1.58.